The van der Waals surface area contributed by atoms with E-state index >= 15 is 0 Å². The lowest BCUT2D eigenvalue weighted by molar-refractivity contribution is 0.385. The number of nitrogens with one attached hydrogen (secondary N) is 1. The van der Waals surface area contributed by atoms with Gasteiger partial charge in [0, 0.05) is 5.39 Å². The van der Waals surface area contributed by atoms with E-state index in [2.05, 4.69) is 10.5 Å². The van der Waals surface area contributed by atoms with Crippen molar-refractivity contribution in [3.63, 3.8) is 0 Å². The van der Waals surface area contributed by atoms with Crippen molar-refractivity contribution in [1.29, 1.82) is 0 Å². The summed E-state index contributed by atoms with van der Waals surface area (Å²) in [6.07, 6.45) is 0. The Morgan fingerprint density at radius 3 is 3.15 bits per heavy atom. The largest absolute Gasteiger partial charge is 0.359 e. The molecule has 0 saturated carbocycles. The van der Waals surface area contributed by atoms with Gasteiger partial charge >= 0.3 is 0 Å². The number of hydrogen-bond donors (Lipinski definition) is 1. The Morgan fingerprint density at radius 1 is 1.54 bits per heavy atom. The van der Waals surface area contributed by atoms with Gasteiger partial charge in [-0.05, 0) is 19.2 Å². The van der Waals surface area contributed by atoms with Gasteiger partial charge in [-0.3, -0.25) is 0 Å². The molecule has 1 aromatic carbocycles. The lowest BCUT2D eigenvalue weighted by Gasteiger charge is -1.93. The predicted molar refractivity (Wildman–Crippen MR) is 51.8 cm³/mol. The molecule has 1 heterocycles. The molecular formula is C9H9ClN2O. The summed E-state index contributed by atoms with van der Waals surface area (Å²) in [5, 5.41) is 8.50. The standard InChI is InChI=1S/C9H9ClN2O/c1-11-5-8-6-3-2-4-7(10)9(6)12-13-8/h2-4,11H,5H2,1H3. The number of nitrogens with zero attached hydrogens (tertiary/aromatic N) is 1. The monoisotopic (exact) mass is 196 g/mol. The van der Waals surface area contributed by atoms with E-state index in [4.69, 9.17) is 16.1 Å². The van der Waals surface area contributed by atoms with Gasteiger partial charge in [0.25, 0.3) is 0 Å². The van der Waals surface area contributed by atoms with Crippen molar-refractivity contribution in [2.75, 3.05) is 7.05 Å². The van der Waals surface area contributed by atoms with E-state index in [0.717, 1.165) is 16.7 Å². The van der Waals surface area contributed by atoms with Gasteiger partial charge in [0.2, 0.25) is 0 Å². The molecule has 13 heavy (non-hydrogen) atoms. The summed E-state index contributed by atoms with van der Waals surface area (Å²) in [5.41, 5.74) is 0.731. The van der Waals surface area contributed by atoms with Crippen LogP contribution in [0.5, 0.6) is 0 Å². The van der Waals surface area contributed by atoms with Gasteiger partial charge in [-0.15, -0.1) is 0 Å². The third-order valence-electron chi connectivity index (χ3n) is 1.87. The third kappa shape index (κ3) is 1.41. The van der Waals surface area contributed by atoms with Crippen LogP contribution in [-0.2, 0) is 6.54 Å². The van der Waals surface area contributed by atoms with Gasteiger partial charge in [-0.2, -0.15) is 0 Å². The molecule has 2 rings (SSSR count). The number of rotatable bonds is 2. The van der Waals surface area contributed by atoms with Crippen LogP contribution in [0, 0.1) is 0 Å². The predicted octanol–water partition coefficient (Wildman–Crippen LogP) is 2.20. The lowest BCUT2D eigenvalue weighted by Crippen LogP contribution is -2.03. The summed E-state index contributed by atoms with van der Waals surface area (Å²) in [7, 11) is 1.86. The number of halogens is 1. The zero-order valence-corrected chi connectivity index (χ0v) is 7.93. The molecule has 68 valence electrons. The SMILES string of the molecule is CNCc1onc2c(Cl)cccc12. The molecule has 0 aliphatic rings. The molecule has 0 unspecified atom stereocenters. The van der Waals surface area contributed by atoms with Crippen LogP contribution < -0.4 is 5.32 Å². The Bertz CT molecular complexity index is 424. The van der Waals surface area contributed by atoms with E-state index in [1.165, 1.54) is 0 Å². The zero-order chi connectivity index (χ0) is 9.26. The van der Waals surface area contributed by atoms with E-state index in [0.29, 0.717) is 11.6 Å². The molecule has 0 saturated heterocycles. The van der Waals surface area contributed by atoms with Crippen LogP contribution in [0.4, 0.5) is 0 Å². The minimum Gasteiger partial charge on any atom is -0.359 e. The van der Waals surface area contributed by atoms with Gasteiger partial charge in [0.15, 0.2) is 5.76 Å². The highest BCUT2D eigenvalue weighted by atomic mass is 35.5. The van der Waals surface area contributed by atoms with E-state index < -0.39 is 0 Å². The third-order valence-corrected chi connectivity index (χ3v) is 2.18. The summed E-state index contributed by atoms with van der Waals surface area (Å²) >= 11 is 5.93. The molecule has 0 atom stereocenters. The molecule has 0 radical (unpaired) electrons. The van der Waals surface area contributed by atoms with Crippen LogP contribution in [0.15, 0.2) is 22.7 Å². The molecular weight excluding hydrogens is 188 g/mol. The summed E-state index contributed by atoms with van der Waals surface area (Å²) in [6, 6.07) is 5.64. The van der Waals surface area contributed by atoms with Gasteiger partial charge in [-0.1, -0.05) is 22.8 Å². The second-order valence-corrected chi connectivity index (χ2v) is 3.18. The molecule has 0 fully saturated rings. The second kappa shape index (κ2) is 3.36. The fourth-order valence-electron chi connectivity index (χ4n) is 1.27. The van der Waals surface area contributed by atoms with Crippen LogP contribution in [-0.4, -0.2) is 12.2 Å². The topological polar surface area (TPSA) is 38.1 Å². The fraction of sp³-hybridized carbons (Fsp3) is 0.222. The fourth-order valence-corrected chi connectivity index (χ4v) is 1.48. The van der Waals surface area contributed by atoms with Crippen molar-refractivity contribution in [3.8, 4) is 0 Å². The van der Waals surface area contributed by atoms with Crippen LogP contribution in [0.25, 0.3) is 10.9 Å². The highest BCUT2D eigenvalue weighted by Crippen LogP contribution is 2.24. The first-order chi connectivity index (χ1) is 6.33. The number of benzene rings is 1. The van der Waals surface area contributed by atoms with Crippen LogP contribution in [0.2, 0.25) is 5.02 Å². The Balaban J connectivity index is 2.61. The average molecular weight is 197 g/mol. The summed E-state index contributed by atoms with van der Waals surface area (Å²) < 4.78 is 5.14. The lowest BCUT2D eigenvalue weighted by atomic mass is 10.2. The molecule has 0 aliphatic heterocycles. The van der Waals surface area contributed by atoms with Crippen LogP contribution in [0.1, 0.15) is 5.76 Å². The Kier molecular flexibility index (Phi) is 2.20. The first-order valence-corrected chi connectivity index (χ1v) is 4.38. The maximum atomic E-state index is 5.93. The van der Waals surface area contributed by atoms with E-state index in [1.54, 1.807) is 6.07 Å². The van der Waals surface area contributed by atoms with E-state index in [9.17, 15) is 0 Å². The van der Waals surface area contributed by atoms with Crippen molar-refractivity contribution in [1.82, 2.24) is 10.5 Å². The highest BCUT2D eigenvalue weighted by molar-refractivity contribution is 6.35. The van der Waals surface area contributed by atoms with Crippen molar-refractivity contribution in [2.24, 2.45) is 0 Å². The number of fused-ring (bicyclic) bond motifs is 1. The quantitative estimate of drug-likeness (QED) is 0.800. The zero-order valence-electron chi connectivity index (χ0n) is 7.17. The molecule has 2 aromatic rings. The number of hydrogen-bond acceptors (Lipinski definition) is 3. The Morgan fingerprint density at radius 2 is 2.38 bits per heavy atom. The summed E-state index contributed by atoms with van der Waals surface area (Å²) in [6.45, 7) is 0.664. The maximum Gasteiger partial charge on any atom is 0.158 e. The molecule has 0 bridgehead atoms. The van der Waals surface area contributed by atoms with Gasteiger partial charge in [0.1, 0.15) is 5.52 Å². The second-order valence-electron chi connectivity index (χ2n) is 2.77. The van der Waals surface area contributed by atoms with Gasteiger partial charge in [-0.25, -0.2) is 0 Å². The Labute approximate surface area is 80.7 Å². The Hall–Kier alpha value is -1.06. The molecule has 1 aromatic heterocycles. The van der Waals surface area contributed by atoms with E-state index in [-0.39, 0.29) is 0 Å². The molecule has 1 N–H and O–H groups in total. The molecule has 4 heteroatoms. The van der Waals surface area contributed by atoms with Crippen molar-refractivity contribution in [3.05, 3.63) is 29.0 Å². The maximum absolute atomic E-state index is 5.93. The van der Waals surface area contributed by atoms with Crippen molar-refractivity contribution >= 4 is 22.5 Å². The molecule has 0 spiro atoms. The van der Waals surface area contributed by atoms with Crippen molar-refractivity contribution < 1.29 is 4.52 Å². The minimum absolute atomic E-state index is 0.628. The first-order valence-electron chi connectivity index (χ1n) is 4.00. The average Bonchev–Trinajstić information content (AvgIpc) is 2.51. The summed E-state index contributed by atoms with van der Waals surface area (Å²) in [4.78, 5) is 0. The highest BCUT2D eigenvalue weighted by Gasteiger charge is 2.08. The smallest absolute Gasteiger partial charge is 0.158 e. The minimum atomic E-state index is 0.628. The van der Waals surface area contributed by atoms with Gasteiger partial charge in [0.05, 0.1) is 11.6 Å². The molecule has 3 nitrogen and oxygen atoms in total. The number of aromatic nitrogens is 1. The van der Waals surface area contributed by atoms with Crippen LogP contribution >= 0.6 is 11.6 Å². The van der Waals surface area contributed by atoms with Gasteiger partial charge < -0.3 is 9.84 Å². The summed E-state index contributed by atoms with van der Waals surface area (Å²) in [5.74, 6) is 0.819. The van der Waals surface area contributed by atoms with Crippen molar-refractivity contribution in [2.45, 2.75) is 6.54 Å². The molecule has 0 amide bonds. The van der Waals surface area contributed by atoms with Crippen LogP contribution in [0.3, 0.4) is 0 Å². The molecule has 0 aliphatic carbocycles. The first kappa shape index (κ1) is 8.53. The van der Waals surface area contributed by atoms with E-state index in [1.807, 2.05) is 19.2 Å². The normalized spacial score (nSPS) is 10.9.